The molecule has 2 atom stereocenters. The Hall–Kier alpha value is -3.65. The van der Waals surface area contributed by atoms with Crippen LogP contribution in [0.1, 0.15) is 42.8 Å². The average molecular weight is 452 g/mol. The summed E-state index contributed by atoms with van der Waals surface area (Å²) in [6.07, 6.45) is -1.43. The first-order valence-corrected chi connectivity index (χ1v) is 10.6. The molecular formula is C25H29N3O5. The zero-order valence-corrected chi connectivity index (χ0v) is 19.2. The Morgan fingerprint density at radius 1 is 1.12 bits per heavy atom. The van der Waals surface area contributed by atoms with Gasteiger partial charge in [-0.15, -0.1) is 0 Å². The Morgan fingerprint density at radius 2 is 1.76 bits per heavy atom. The number of rotatable bonds is 8. The van der Waals surface area contributed by atoms with Crippen LogP contribution in [0.4, 0.5) is 0 Å². The molecule has 33 heavy (non-hydrogen) atoms. The minimum Gasteiger partial charge on any atom is -0.488 e. The lowest BCUT2D eigenvalue weighted by atomic mass is 10.00. The van der Waals surface area contributed by atoms with Crippen molar-refractivity contribution in [2.24, 2.45) is 5.73 Å². The summed E-state index contributed by atoms with van der Waals surface area (Å²) in [6, 6.07) is 15.4. The molecule has 0 saturated heterocycles. The van der Waals surface area contributed by atoms with Crippen LogP contribution in [0.25, 0.3) is 11.3 Å². The number of ether oxygens (including phenoxy) is 1. The Labute approximate surface area is 192 Å². The van der Waals surface area contributed by atoms with Crippen molar-refractivity contribution in [3.05, 3.63) is 71.8 Å². The molecule has 0 aliphatic rings. The summed E-state index contributed by atoms with van der Waals surface area (Å²) in [5, 5.41) is 13.1. The number of hydrogen-bond donors (Lipinski definition) is 3. The van der Waals surface area contributed by atoms with Gasteiger partial charge in [-0.05, 0) is 44.9 Å². The minimum absolute atomic E-state index is 0.00528. The Kier molecular flexibility index (Phi) is 7.18. The number of aryl methyl sites for hydroxylation is 1. The number of amides is 2. The molecule has 0 fully saturated rings. The number of nitrogens with two attached hydrogens (primary N) is 1. The fourth-order valence-electron chi connectivity index (χ4n) is 3.35. The fourth-order valence-corrected chi connectivity index (χ4v) is 3.35. The third-order valence-electron chi connectivity index (χ3n) is 4.78. The van der Waals surface area contributed by atoms with Crippen molar-refractivity contribution in [1.82, 2.24) is 10.3 Å². The molecule has 1 unspecified atom stereocenters. The summed E-state index contributed by atoms with van der Waals surface area (Å²) >= 11 is 0. The molecule has 0 aliphatic carbocycles. The van der Waals surface area contributed by atoms with Crippen molar-refractivity contribution < 1.29 is 23.8 Å². The monoisotopic (exact) mass is 451 g/mol. The topological polar surface area (TPSA) is 128 Å². The van der Waals surface area contributed by atoms with Gasteiger partial charge in [-0.2, -0.15) is 0 Å². The van der Waals surface area contributed by atoms with Crippen LogP contribution in [-0.2, 0) is 11.2 Å². The number of carbonyl (C=O) groups is 2. The van der Waals surface area contributed by atoms with Gasteiger partial charge in [-0.1, -0.05) is 42.5 Å². The Bertz CT molecular complexity index is 1100. The number of oxazole rings is 1. The van der Waals surface area contributed by atoms with Crippen molar-refractivity contribution in [2.75, 3.05) is 0 Å². The standard InChI is InChI=1S/C25H29N3O5/c1-15-27-20(17-8-6-5-7-9-17)22(32-15)24(31)28-19(21(29)23(26)30)14-16-10-12-18(13-11-16)33-25(2,3)4/h5-13,19,21,29H,14H2,1-4H3,(H2,26,30)(H,28,31)/t19-,21?/m0/s1. The van der Waals surface area contributed by atoms with Crippen molar-refractivity contribution >= 4 is 11.8 Å². The lowest BCUT2D eigenvalue weighted by Gasteiger charge is -2.23. The quantitative estimate of drug-likeness (QED) is 0.483. The molecule has 3 rings (SSSR count). The molecule has 0 bridgehead atoms. The summed E-state index contributed by atoms with van der Waals surface area (Å²) < 4.78 is 11.4. The van der Waals surface area contributed by atoms with E-state index in [2.05, 4.69) is 10.3 Å². The second-order valence-corrected chi connectivity index (χ2v) is 8.77. The summed E-state index contributed by atoms with van der Waals surface area (Å²) in [4.78, 5) is 29.1. The molecule has 2 amide bonds. The lowest BCUT2D eigenvalue weighted by Crippen LogP contribution is -2.50. The number of hydrogen-bond acceptors (Lipinski definition) is 6. The van der Waals surface area contributed by atoms with Crippen molar-refractivity contribution in [1.29, 1.82) is 0 Å². The number of nitrogens with one attached hydrogen (secondary N) is 1. The molecule has 4 N–H and O–H groups in total. The molecular weight excluding hydrogens is 422 g/mol. The first-order chi connectivity index (χ1) is 15.5. The van der Waals surface area contributed by atoms with E-state index in [9.17, 15) is 14.7 Å². The van der Waals surface area contributed by atoms with E-state index in [1.165, 1.54) is 0 Å². The van der Waals surface area contributed by atoms with E-state index >= 15 is 0 Å². The normalized spacial score (nSPS) is 13.2. The molecule has 174 valence electrons. The number of aliphatic hydroxyl groups is 1. The maximum Gasteiger partial charge on any atom is 0.289 e. The van der Waals surface area contributed by atoms with Crippen molar-refractivity contribution in [3.8, 4) is 17.0 Å². The van der Waals surface area contributed by atoms with Gasteiger partial charge < -0.3 is 25.3 Å². The number of carbonyl (C=O) groups excluding carboxylic acids is 2. The summed E-state index contributed by atoms with van der Waals surface area (Å²) in [5.74, 6) is -0.542. The van der Waals surface area contributed by atoms with Crippen LogP contribution in [0.3, 0.4) is 0 Å². The first kappa shape index (κ1) is 24.0. The number of benzene rings is 2. The molecule has 8 nitrogen and oxygen atoms in total. The van der Waals surface area contributed by atoms with Crippen LogP contribution in [0, 0.1) is 6.92 Å². The van der Waals surface area contributed by atoms with E-state index in [0.717, 1.165) is 5.56 Å². The van der Waals surface area contributed by atoms with Crippen LogP contribution in [-0.4, -0.2) is 39.7 Å². The zero-order chi connectivity index (χ0) is 24.2. The summed E-state index contributed by atoms with van der Waals surface area (Å²) in [7, 11) is 0. The van der Waals surface area contributed by atoms with Crippen molar-refractivity contribution in [2.45, 2.75) is 51.9 Å². The number of aliphatic hydroxyl groups excluding tert-OH is 1. The van der Waals surface area contributed by atoms with E-state index in [0.29, 0.717) is 22.9 Å². The summed E-state index contributed by atoms with van der Waals surface area (Å²) in [5.41, 5.74) is 6.85. The van der Waals surface area contributed by atoms with Gasteiger partial charge in [0, 0.05) is 12.5 Å². The molecule has 8 heteroatoms. The van der Waals surface area contributed by atoms with Gasteiger partial charge in [0.2, 0.25) is 11.7 Å². The minimum atomic E-state index is -1.59. The van der Waals surface area contributed by atoms with Crippen molar-refractivity contribution in [3.63, 3.8) is 0 Å². The third kappa shape index (κ3) is 6.43. The van der Waals surface area contributed by atoms with Gasteiger partial charge in [0.15, 0.2) is 12.0 Å². The van der Waals surface area contributed by atoms with Gasteiger partial charge in [0.05, 0.1) is 6.04 Å². The van der Waals surface area contributed by atoms with Crippen LogP contribution in [0.5, 0.6) is 5.75 Å². The highest BCUT2D eigenvalue weighted by Crippen LogP contribution is 2.24. The highest BCUT2D eigenvalue weighted by Gasteiger charge is 2.29. The maximum absolute atomic E-state index is 13.1. The van der Waals surface area contributed by atoms with Crippen LogP contribution in [0.2, 0.25) is 0 Å². The van der Waals surface area contributed by atoms with Crippen LogP contribution >= 0.6 is 0 Å². The van der Waals surface area contributed by atoms with Crippen LogP contribution in [0.15, 0.2) is 59.0 Å². The summed E-state index contributed by atoms with van der Waals surface area (Å²) in [6.45, 7) is 7.49. The van der Waals surface area contributed by atoms with E-state index in [1.807, 2.05) is 63.2 Å². The fraction of sp³-hybridized carbons (Fsp3) is 0.320. The molecule has 0 spiro atoms. The first-order valence-electron chi connectivity index (χ1n) is 10.6. The van der Waals surface area contributed by atoms with Gasteiger partial charge in [-0.25, -0.2) is 4.98 Å². The second kappa shape index (κ2) is 9.87. The van der Waals surface area contributed by atoms with E-state index in [1.54, 1.807) is 19.1 Å². The molecule has 3 aromatic rings. The van der Waals surface area contributed by atoms with Gasteiger partial charge in [0.1, 0.15) is 17.0 Å². The number of nitrogens with zero attached hydrogens (tertiary/aromatic N) is 1. The molecule has 0 aliphatic heterocycles. The van der Waals surface area contributed by atoms with E-state index in [4.69, 9.17) is 14.9 Å². The Balaban J connectivity index is 1.82. The third-order valence-corrected chi connectivity index (χ3v) is 4.78. The molecule has 2 aromatic carbocycles. The molecule has 0 saturated carbocycles. The van der Waals surface area contributed by atoms with Gasteiger partial charge >= 0.3 is 0 Å². The van der Waals surface area contributed by atoms with E-state index < -0.39 is 24.0 Å². The lowest BCUT2D eigenvalue weighted by molar-refractivity contribution is -0.127. The molecule has 1 heterocycles. The smallest absolute Gasteiger partial charge is 0.289 e. The predicted octanol–water partition coefficient (Wildman–Crippen LogP) is 3.01. The van der Waals surface area contributed by atoms with Crippen LogP contribution < -0.4 is 15.8 Å². The van der Waals surface area contributed by atoms with Gasteiger partial charge in [-0.3, -0.25) is 9.59 Å². The second-order valence-electron chi connectivity index (χ2n) is 8.77. The maximum atomic E-state index is 13.1. The highest BCUT2D eigenvalue weighted by atomic mass is 16.5. The van der Waals surface area contributed by atoms with E-state index in [-0.39, 0.29) is 17.8 Å². The highest BCUT2D eigenvalue weighted by molar-refractivity contribution is 5.97. The SMILES string of the molecule is Cc1nc(-c2ccccc2)c(C(=O)N[C@@H](Cc2ccc(OC(C)(C)C)cc2)C(O)C(N)=O)o1. The zero-order valence-electron chi connectivity index (χ0n) is 19.2. The van der Waals surface area contributed by atoms with Gasteiger partial charge in [0.25, 0.3) is 5.91 Å². The molecule has 1 aromatic heterocycles. The predicted molar refractivity (Wildman–Crippen MR) is 124 cm³/mol. The Morgan fingerprint density at radius 3 is 2.33 bits per heavy atom. The molecule has 0 radical (unpaired) electrons. The number of primary amides is 1. The average Bonchev–Trinajstić information content (AvgIpc) is 3.15. The largest absolute Gasteiger partial charge is 0.488 e. The number of aromatic nitrogens is 1.